The Labute approximate surface area is 134 Å². The minimum absolute atomic E-state index is 0.157. The number of nitrogens with one attached hydrogen (secondary N) is 3. The zero-order chi connectivity index (χ0) is 16.3. The molecule has 0 atom stereocenters. The predicted molar refractivity (Wildman–Crippen MR) is 86.1 cm³/mol. The highest BCUT2D eigenvalue weighted by Crippen LogP contribution is 2.00. The van der Waals surface area contributed by atoms with Crippen molar-refractivity contribution in [3.63, 3.8) is 0 Å². The molecule has 0 spiro atoms. The molecule has 0 unspecified atom stereocenters. The van der Waals surface area contributed by atoms with Gasteiger partial charge in [0.05, 0.1) is 0 Å². The number of hydrogen-bond acceptors (Lipinski definition) is 4. The molecular formula is C17H19N3O3. The third kappa shape index (κ3) is 6.62. The second kappa shape index (κ2) is 9.22. The number of carbonyl (C=O) groups is 2. The molecule has 2 rings (SSSR count). The van der Waals surface area contributed by atoms with Gasteiger partial charge in [0.1, 0.15) is 13.2 Å². The Kier molecular flexibility index (Phi) is 6.62. The number of carbonyl (C=O) groups excluding carboxylic acids is 2. The van der Waals surface area contributed by atoms with Crippen molar-refractivity contribution in [2.75, 3.05) is 6.54 Å². The second-order valence-corrected chi connectivity index (χ2v) is 4.80. The van der Waals surface area contributed by atoms with Gasteiger partial charge in [0.2, 0.25) is 0 Å². The van der Waals surface area contributed by atoms with Crippen LogP contribution < -0.4 is 16.2 Å². The van der Waals surface area contributed by atoms with Crippen LogP contribution in [-0.2, 0) is 22.7 Å². The van der Waals surface area contributed by atoms with E-state index in [-0.39, 0.29) is 19.1 Å². The van der Waals surface area contributed by atoms with Crippen molar-refractivity contribution in [1.82, 2.24) is 16.2 Å². The lowest BCUT2D eigenvalue weighted by molar-refractivity contribution is -0.121. The lowest BCUT2D eigenvalue weighted by Crippen LogP contribution is -2.43. The number of amides is 2. The van der Waals surface area contributed by atoms with Gasteiger partial charge in [-0.05, 0) is 11.1 Å². The van der Waals surface area contributed by atoms with Crippen molar-refractivity contribution in [3.8, 4) is 0 Å². The molecule has 6 heteroatoms. The van der Waals surface area contributed by atoms with Crippen LogP contribution in [0.5, 0.6) is 0 Å². The summed E-state index contributed by atoms with van der Waals surface area (Å²) in [5, 5.41) is 2.39. The molecule has 0 aliphatic rings. The van der Waals surface area contributed by atoms with Gasteiger partial charge in [-0.15, -0.1) is 0 Å². The first-order chi connectivity index (χ1) is 11.2. The quantitative estimate of drug-likeness (QED) is 0.680. The van der Waals surface area contributed by atoms with Gasteiger partial charge >= 0.3 is 6.09 Å². The van der Waals surface area contributed by atoms with E-state index in [9.17, 15) is 9.59 Å². The van der Waals surface area contributed by atoms with Crippen LogP contribution in [0.1, 0.15) is 11.1 Å². The van der Waals surface area contributed by atoms with E-state index < -0.39 is 6.09 Å². The largest absolute Gasteiger partial charge is 0.445 e. The summed E-state index contributed by atoms with van der Waals surface area (Å²) < 4.78 is 5.00. The number of hydrogen-bond donors (Lipinski definition) is 3. The molecule has 0 bridgehead atoms. The Morgan fingerprint density at radius 3 is 2.13 bits per heavy atom. The summed E-state index contributed by atoms with van der Waals surface area (Å²) in [6, 6.07) is 19.0. The van der Waals surface area contributed by atoms with E-state index in [1.807, 2.05) is 60.7 Å². The normalized spacial score (nSPS) is 9.91. The standard InChI is InChI=1S/C17H19N3O3/c21-16(20-19-11-14-7-3-1-4-8-14)12-18-17(22)23-13-15-9-5-2-6-10-15/h1-10,19H,11-13H2,(H,18,22)(H,20,21). The van der Waals surface area contributed by atoms with Crippen molar-refractivity contribution in [2.45, 2.75) is 13.2 Å². The summed E-state index contributed by atoms with van der Waals surface area (Å²) in [6.45, 7) is 0.515. The van der Waals surface area contributed by atoms with Crippen LogP contribution in [0.4, 0.5) is 4.79 Å². The molecule has 120 valence electrons. The van der Waals surface area contributed by atoms with E-state index in [2.05, 4.69) is 16.2 Å². The highest BCUT2D eigenvalue weighted by Gasteiger charge is 2.06. The Bertz CT molecular complexity index is 617. The Morgan fingerprint density at radius 1 is 0.870 bits per heavy atom. The third-order valence-corrected chi connectivity index (χ3v) is 2.97. The highest BCUT2D eigenvalue weighted by molar-refractivity contribution is 5.81. The molecule has 2 aromatic rings. The second-order valence-electron chi connectivity index (χ2n) is 4.80. The Balaban J connectivity index is 1.57. The number of hydrazine groups is 1. The Morgan fingerprint density at radius 2 is 1.48 bits per heavy atom. The van der Waals surface area contributed by atoms with Crippen LogP contribution in [0.25, 0.3) is 0 Å². The molecule has 0 aromatic heterocycles. The van der Waals surface area contributed by atoms with Crippen molar-refractivity contribution in [1.29, 1.82) is 0 Å². The van der Waals surface area contributed by atoms with Crippen molar-refractivity contribution < 1.29 is 14.3 Å². The van der Waals surface area contributed by atoms with Crippen LogP contribution in [0.3, 0.4) is 0 Å². The summed E-state index contributed by atoms with van der Waals surface area (Å²) in [4.78, 5) is 23.1. The summed E-state index contributed by atoms with van der Waals surface area (Å²) in [7, 11) is 0. The van der Waals surface area contributed by atoms with E-state index in [0.717, 1.165) is 11.1 Å². The lowest BCUT2D eigenvalue weighted by atomic mass is 10.2. The number of alkyl carbamates (subject to hydrolysis) is 1. The van der Waals surface area contributed by atoms with E-state index in [1.165, 1.54) is 0 Å². The number of ether oxygens (including phenoxy) is 1. The Hall–Kier alpha value is -2.86. The van der Waals surface area contributed by atoms with Gasteiger partial charge in [0.25, 0.3) is 5.91 Å². The molecule has 0 saturated carbocycles. The first kappa shape index (κ1) is 16.5. The average molecular weight is 313 g/mol. The number of rotatable bonds is 7. The summed E-state index contributed by atoms with van der Waals surface area (Å²) >= 11 is 0. The van der Waals surface area contributed by atoms with Crippen LogP contribution in [0.2, 0.25) is 0 Å². The molecule has 0 radical (unpaired) electrons. The molecule has 2 amide bonds. The highest BCUT2D eigenvalue weighted by atomic mass is 16.5. The fourth-order valence-electron chi connectivity index (χ4n) is 1.81. The van der Waals surface area contributed by atoms with Gasteiger partial charge in [0.15, 0.2) is 0 Å². The summed E-state index contributed by atoms with van der Waals surface area (Å²) in [6.07, 6.45) is -0.632. The fourth-order valence-corrected chi connectivity index (χ4v) is 1.81. The van der Waals surface area contributed by atoms with Gasteiger partial charge < -0.3 is 10.1 Å². The first-order valence-corrected chi connectivity index (χ1v) is 7.24. The van der Waals surface area contributed by atoms with Crippen LogP contribution in [0, 0.1) is 0 Å². The minimum atomic E-state index is -0.632. The van der Waals surface area contributed by atoms with E-state index in [1.54, 1.807) is 0 Å². The monoisotopic (exact) mass is 313 g/mol. The smallest absolute Gasteiger partial charge is 0.407 e. The number of benzene rings is 2. The van der Waals surface area contributed by atoms with Crippen molar-refractivity contribution in [2.24, 2.45) is 0 Å². The molecule has 0 aliphatic heterocycles. The lowest BCUT2D eigenvalue weighted by Gasteiger charge is -2.09. The van der Waals surface area contributed by atoms with Crippen molar-refractivity contribution >= 4 is 12.0 Å². The molecule has 23 heavy (non-hydrogen) atoms. The van der Waals surface area contributed by atoms with Crippen LogP contribution in [0.15, 0.2) is 60.7 Å². The van der Waals surface area contributed by atoms with Crippen LogP contribution in [-0.4, -0.2) is 18.5 Å². The molecule has 0 heterocycles. The fraction of sp³-hybridized carbons (Fsp3) is 0.176. The van der Waals surface area contributed by atoms with Gasteiger partial charge in [-0.3, -0.25) is 10.2 Å². The van der Waals surface area contributed by atoms with Crippen LogP contribution >= 0.6 is 0 Å². The summed E-state index contributed by atoms with van der Waals surface area (Å²) in [5.41, 5.74) is 7.22. The molecule has 0 fully saturated rings. The first-order valence-electron chi connectivity index (χ1n) is 7.24. The zero-order valence-electron chi connectivity index (χ0n) is 12.6. The molecule has 0 aliphatic carbocycles. The molecule has 0 saturated heterocycles. The minimum Gasteiger partial charge on any atom is -0.445 e. The van der Waals surface area contributed by atoms with Gasteiger partial charge in [-0.25, -0.2) is 10.2 Å². The zero-order valence-corrected chi connectivity index (χ0v) is 12.6. The maximum absolute atomic E-state index is 11.6. The maximum Gasteiger partial charge on any atom is 0.407 e. The summed E-state index contributed by atoms with van der Waals surface area (Å²) in [5.74, 6) is -0.349. The van der Waals surface area contributed by atoms with E-state index >= 15 is 0 Å². The maximum atomic E-state index is 11.6. The van der Waals surface area contributed by atoms with Crippen molar-refractivity contribution in [3.05, 3.63) is 71.8 Å². The van der Waals surface area contributed by atoms with Gasteiger partial charge in [0, 0.05) is 6.54 Å². The SMILES string of the molecule is O=C(CNC(=O)OCc1ccccc1)NNCc1ccccc1. The molecule has 3 N–H and O–H groups in total. The van der Waals surface area contributed by atoms with E-state index in [4.69, 9.17) is 4.74 Å². The topological polar surface area (TPSA) is 79.5 Å². The predicted octanol–water partition coefficient (Wildman–Crippen LogP) is 1.73. The third-order valence-electron chi connectivity index (χ3n) is 2.97. The van der Waals surface area contributed by atoms with Gasteiger partial charge in [-0.2, -0.15) is 0 Å². The molecule has 2 aromatic carbocycles. The molecular weight excluding hydrogens is 294 g/mol. The molecule has 6 nitrogen and oxygen atoms in total. The van der Waals surface area contributed by atoms with E-state index in [0.29, 0.717) is 6.54 Å². The average Bonchev–Trinajstić information content (AvgIpc) is 2.60. The van der Waals surface area contributed by atoms with Gasteiger partial charge in [-0.1, -0.05) is 60.7 Å².